The second kappa shape index (κ2) is 9.57. The van der Waals surface area contributed by atoms with Crippen molar-refractivity contribution in [2.45, 2.75) is 11.3 Å². The van der Waals surface area contributed by atoms with Crippen LogP contribution in [0.15, 0.2) is 58.5 Å². The number of halogens is 3. The van der Waals surface area contributed by atoms with E-state index in [9.17, 15) is 28.0 Å². The van der Waals surface area contributed by atoms with Gasteiger partial charge in [-0.2, -0.15) is 18.4 Å². The molecule has 3 rings (SSSR count). The van der Waals surface area contributed by atoms with Crippen LogP contribution in [-0.4, -0.2) is 28.7 Å². The molecule has 0 atom stereocenters. The van der Waals surface area contributed by atoms with Crippen LogP contribution in [0.2, 0.25) is 0 Å². The fraction of sp³-hybridized carbons (Fsp3) is 0.143. The van der Waals surface area contributed by atoms with Gasteiger partial charge >= 0.3 is 6.18 Å². The first kappa shape index (κ1) is 22.9. The summed E-state index contributed by atoms with van der Waals surface area (Å²) in [5.74, 6) is -0.324. The third-order valence-corrected chi connectivity index (χ3v) is 5.04. The topological polar surface area (TPSA) is 108 Å². The van der Waals surface area contributed by atoms with E-state index in [1.54, 1.807) is 24.3 Å². The summed E-state index contributed by atoms with van der Waals surface area (Å²) in [7, 11) is 1.47. The van der Waals surface area contributed by atoms with Gasteiger partial charge in [0.15, 0.2) is 5.16 Å². The zero-order valence-electron chi connectivity index (χ0n) is 16.5. The number of hydrogen-bond acceptors (Lipinski definition) is 6. The van der Waals surface area contributed by atoms with Gasteiger partial charge in [-0.1, -0.05) is 30.0 Å². The molecular formula is C21H15F3N4O3S. The molecule has 1 heterocycles. The van der Waals surface area contributed by atoms with E-state index in [1.165, 1.54) is 19.2 Å². The number of H-pyrrole nitrogens is 1. The third-order valence-electron chi connectivity index (χ3n) is 4.17. The van der Waals surface area contributed by atoms with Crippen molar-refractivity contribution in [1.29, 1.82) is 5.26 Å². The number of hydrogen-bond donors (Lipinski definition) is 2. The number of carbonyl (C=O) groups is 1. The Balaban J connectivity index is 1.78. The number of aromatic nitrogens is 2. The van der Waals surface area contributed by atoms with Crippen molar-refractivity contribution >= 4 is 23.4 Å². The van der Waals surface area contributed by atoms with Crippen molar-refractivity contribution < 1.29 is 22.7 Å². The lowest BCUT2D eigenvalue weighted by Gasteiger charge is -2.10. The number of rotatable bonds is 6. The maximum Gasteiger partial charge on any atom is 0.416 e. The number of nitrogens with zero attached hydrogens (tertiary/aromatic N) is 2. The van der Waals surface area contributed by atoms with E-state index in [2.05, 4.69) is 15.3 Å². The number of amides is 1. The van der Waals surface area contributed by atoms with E-state index in [0.29, 0.717) is 11.3 Å². The molecule has 7 nitrogen and oxygen atoms in total. The lowest BCUT2D eigenvalue weighted by molar-refractivity contribution is -0.137. The summed E-state index contributed by atoms with van der Waals surface area (Å²) in [6.45, 7) is 0. The van der Waals surface area contributed by atoms with Crippen molar-refractivity contribution in [2.75, 3.05) is 18.2 Å². The van der Waals surface area contributed by atoms with E-state index in [-0.39, 0.29) is 27.9 Å². The third kappa shape index (κ3) is 5.47. The average molecular weight is 460 g/mol. The minimum Gasteiger partial charge on any atom is -0.497 e. The minimum absolute atomic E-state index is 0.0104. The number of anilines is 1. The minimum atomic E-state index is -4.53. The molecule has 32 heavy (non-hydrogen) atoms. The zero-order chi connectivity index (χ0) is 23.3. The molecule has 0 unspecified atom stereocenters. The smallest absolute Gasteiger partial charge is 0.416 e. The Kier molecular flexibility index (Phi) is 6.85. The van der Waals surface area contributed by atoms with Crippen LogP contribution in [0.5, 0.6) is 5.75 Å². The van der Waals surface area contributed by atoms with Gasteiger partial charge in [0, 0.05) is 11.3 Å². The molecule has 3 aromatic rings. The summed E-state index contributed by atoms with van der Waals surface area (Å²) in [6.07, 6.45) is -4.53. The van der Waals surface area contributed by atoms with Crippen molar-refractivity contribution in [1.82, 2.24) is 9.97 Å². The Morgan fingerprint density at radius 2 is 2.00 bits per heavy atom. The standard InChI is InChI=1S/C21H15F3N4O3S/c1-31-15-7-2-4-12(8-15)18-16(10-25)19(30)28-20(27-18)32-11-17(29)26-14-6-3-5-13(9-14)21(22,23)24/h2-9H,11H2,1H3,(H,26,29)(H,27,28,30). The Bertz CT molecular complexity index is 1250. The second-order valence-corrected chi connectivity index (χ2v) is 7.32. The highest BCUT2D eigenvalue weighted by molar-refractivity contribution is 7.99. The predicted octanol–water partition coefficient (Wildman–Crippen LogP) is 4.07. The van der Waals surface area contributed by atoms with Gasteiger partial charge in [-0.25, -0.2) is 4.98 Å². The normalized spacial score (nSPS) is 11.0. The van der Waals surface area contributed by atoms with Crippen molar-refractivity contribution in [3.05, 3.63) is 70.0 Å². The number of nitriles is 1. The summed E-state index contributed by atoms with van der Waals surface area (Å²) in [6, 6.07) is 12.7. The molecule has 0 aliphatic carbocycles. The van der Waals surface area contributed by atoms with Gasteiger partial charge in [0.1, 0.15) is 17.4 Å². The van der Waals surface area contributed by atoms with Gasteiger partial charge in [-0.05, 0) is 30.3 Å². The fourth-order valence-corrected chi connectivity index (χ4v) is 3.37. The molecule has 0 aliphatic rings. The Morgan fingerprint density at radius 1 is 1.25 bits per heavy atom. The van der Waals surface area contributed by atoms with E-state index in [1.807, 2.05) is 6.07 Å². The van der Waals surface area contributed by atoms with E-state index in [4.69, 9.17) is 4.74 Å². The molecular weight excluding hydrogens is 445 g/mol. The first-order valence-electron chi connectivity index (χ1n) is 9.00. The maximum atomic E-state index is 12.8. The quantitative estimate of drug-likeness (QED) is 0.424. The van der Waals surface area contributed by atoms with Crippen LogP contribution >= 0.6 is 11.8 Å². The molecule has 1 aromatic heterocycles. The number of alkyl halides is 3. The number of ether oxygens (including phenoxy) is 1. The molecule has 0 radical (unpaired) electrons. The molecule has 0 bridgehead atoms. The summed E-state index contributed by atoms with van der Waals surface area (Å²) in [5, 5.41) is 11.8. The maximum absolute atomic E-state index is 12.8. The van der Waals surface area contributed by atoms with Crippen LogP contribution in [0.25, 0.3) is 11.3 Å². The van der Waals surface area contributed by atoms with Crippen molar-refractivity contribution in [3.8, 4) is 23.1 Å². The molecule has 0 saturated carbocycles. The van der Waals surface area contributed by atoms with Crippen LogP contribution in [-0.2, 0) is 11.0 Å². The Hall–Kier alpha value is -3.78. The summed E-state index contributed by atoms with van der Waals surface area (Å²) in [4.78, 5) is 31.2. The van der Waals surface area contributed by atoms with Gasteiger partial charge in [-0.15, -0.1) is 0 Å². The van der Waals surface area contributed by atoms with Crippen LogP contribution in [0.1, 0.15) is 11.1 Å². The summed E-state index contributed by atoms with van der Waals surface area (Å²) in [5.41, 5.74) is -1.18. The van der Waals surface area contributed by atoms with E-state index < -0.39 is 23.2 Å². The Labute approximate surface area is 184 Å². The van der Waals surface area contributed by atoms with Crippen LogP contribution in [0.4, 0.5) is 18.9 Å². The lowest BCUT2D eigenvalue weighted by Crippen LogP contribution is -2.17. The highest BCUT2D eigenvalue weighted by Gasteiger charge is 2.30. The molecule has 0 aliphatic heterocycles. The monoisotopic (exact) mass is 460 g/mol. The average Bonchev–Trinajstić information content (AvgIpc) is 2.77. The summed E-state index contributed by atoms with van der Waals surface area (Å²) < 4.78 is 43.6. The van der Waals surface area contributed by atoms with Gasteiger partial charge in [-0.3, -0.25) is 9.59 Å². The molecule has 0 fully saturated rings. The first-order valence-corrected chi connectivity index (χ1v) is 9.98. The van der Waals surface area contributed by atoms with Crippen molar-refractivity contribution in [2.24, 2.45) is 0 Å². The summed E-state index contributed by atoms with van der Waals surface area (Å²) >= 11 is 0.868. The predicted molar refractivity (Wildman–Crippen MR) is 112 cm³/mol. The highest BCUT2D eigenvalue weighted by atomic mass is 32.2. The van der Waals surface area contributed by atoms with Gasteiger partial charge in [0.05, 0.1) is 24.1 Å². The van der Waals surface area contributed by atoms with Gasteiger partial charge in [0.25, 0.3) is 5.56 Å². The van der Waals surface area contributed by atoms with Crippen LogP contribution in [0, 0.1) is 11.3 Å². The molecule has 2 N–H and O–H groups in total. The molecule has 2 aromatic carbocycles. The van der Waals surface area contributed by atoms with Crippen LogP contribution < -0.4 is 15.6 Å². The van der Waals surface area contributed by atoms with Gasteiger partial charge in [0.2, 0.25) is 5.91 Å². The van der Waals surface area contributed by atoms with E-state index in [0.717, 1.165) is 23.9 Å². The van der Waals surface area contributed by atoms with E-state index >= 15 is 0 Å². The molecule has 11 heteroatoms. The molecule has 0 saturated heterocycles. The number of thioether (sulfide) groups is 1. The Morgan fingerprint density at radius 3 is 2.69 bits per heavy atom. The van der Waals surface area contributed by atoms with Crippen molar-refractivity contribution in [3.63, 3.8) is 0 Å². The number of carbonyl (C=O) groups excluding carboxylic acids is 1. The number of methoxy groups -OCH3 is 1. The van der Waals surface area contributed by atoms with Crippen LogP contribution in [0.3, 0.4) is 0 Å². The first-order chi connectivity index (χ1) is 15.2. The SMILES string of the molecule is COc1cccc(-c2nc(SCC(=O)Nc3cccc(C(F)(F)F)c3)[nH]c(=O)c2C#N)c1. The van der Waals surface area contributed by atoms with Gasteiger partial charge < -0.3 is 15.0 Å². The number of aromatic amines is 1. The molecule has 164 valence electrons. The zero-order valence-corrected chi connectivity index (χ0v) is 17.3. The lowest BCUT2D eigenvalue weighted by atomic mass is 10.1. The highest BCUT2D eigenvalue weighted by Crippen LogP contribution is 2.31. The number of benzene rings is 2. The molecule has 1 amide bonds. The second-order valence-electron chi connectivity index (χ2n) is 6.35. The molecule has 0 spiro atoms. The largest absolute Gasteiger partial charge is 0.497 e. The number of nitrogens with one attached hydrogen (secondary N) is 2. The fourth-order valence-electron chi connectivity index (χ4n) is 2.71.